The first-order valence-corrected chi connectivity index (χ1v) is 12.2. The van der Waals surface area contributed by atoms with Gasteiger partial charge in [0.05, 0.1) is 5.41 Å². The van der Waals surface area contributed by atoms with Crippen molar-refractivity contribution in [2.24, 2.45) is 5.41 Å². The van der Waals surface area contributed by atoms with Gasteiger partial charge in [-0.15, -0.1) is 5.10 Å². The molecule has 2 N–H and O–H groups in total. The van der Waals surface area contributed by atoms with Gasteiger partial charge in [0.2, 0.25) is 11.9 Å². The maximum absolute atomic E-state index is 13.1. The third-order valence-corrected chi connectivity index (χ3v) is 6.73. The number of nitrogens with one attached hydrogen (secondary N) is 2. The van der Waals surface area contributed by atoms with Crippen molar-refractivity contribution in [3.05, 3.63) is 75.7 Å². The number of H-pyrrole nitrogens is 1. The van der Waals surface area contributed by atoms with Gasteiger partial charge in [0, 0.05) is 29.8 Å². The molecule has 9 heteroatoms. The lowest BCUT2D eigenvalue weighted by Crippen LogP contribution is -2.43. The minimum atomic E-state index is -0.573. The van der Waals surface area contributed by atoms with Gasteiger partial charge in [0.15, 0.2) is 5.82 Å². The second kappa shape index (κ2) is 9.49. The third-order valence-electron chi connectivity index (χ3n) is 6.73. The number of anilines is 1. The number of hydrogen-bond acceptors (Lipinski definition) is 6. The number of aromatic amines is 1. The molecule has 36 heavy (non-hydrogen) atoms. The van der Waals surface area contributed by atoms with Gasteiger partial charge in [0.25, 0.3) is 5.56 Å². The zero-order chi connectivity index (χ0) is 25.3. The van der Waals surface area contributed by atoms with Crippen LogP contribution in [0.5, 0.6) is 0 Å². The van der Waals surface area contributed by atoms with E-state index < -0.39 is 5.41 Å². The second-order valence-corrected chi connectivity index (χ2v) is 9.86. The van der Waals surface area contributed by atoms with Gasteiger partial charge >= 0.3 is 0 Å². The quantitative estimate of drug-likeness (QED) is 0.410. The molecule has 0 bridgehead atoms. The Bertz CT molecular complexity index is 1450. The molecular weight excluding hydrogens is 454 g/mol. The van der Waals surface area contributed by atoms with E-state index in [0.717, 1.165) is 47.2 Å². The molecular formula is C27H29N7O2. The van der Waals surface area contributed by atoms with Crippen molar-refractivity contribution < 1.29 is 4.79 Å². The first-order valence-electron chi connectivity index (χ1n) is 12.2. The molecule has 2 aromatic carbocycles. The number of hydrogen-bond donors (Lipinski definition) is 2. The van der Waals surface area contributed by atoms with Crippen molar-refractivity contribution in [3.8, 4) is 22.5 Å². The topological polar surface area (TPSA) is 118 Å². The number of carbonyl (C=O) groups excluding carboxylic acids is 1. The van der Waals surface area contributed by atoms with Crippen LogP contribution in [0.25, 0.3) is 22.5 Å². The molecule has 4 aromatic rings. The lowest BCUT2D eigenvalue weighted by Gasteiger charge is -2.33. The molecule has 0 radical (unpaired) electrons. The predicted molar refractivity (Wildman–Crippen MR) is 137 cm³/mol. The molecule has 0 aliphatic carbocycles. The van der Waals surface area contributed by atoms with Gasteiger partial charge < -0.3 is 4.57 Å². The lowest BCUT2D eigenvalue weighted by molar-refractivity contribution is -0.125. The minimum Gasteiger partial charge on any atom is -0.314 e. The fourth-order valence-electron chi connectivity index (χ4n) is 4.67. The second-order valence-electron chi connectivity index (χ2n) is 9.86. The molecule has 1 amide bonds. The van der Waals surface area contributed by atoms with E-state index in [2.05, 4.69) is 50.0 Å². The highest BCUT2D eigenvalue weighted by atomic mass is 16.2. The molecule has 1 aliphatic rings. The van der Waals surface area contributed by atoms with Crippen LogP contribution >= 0.6 is 0 Å². The molecule has 0 fully saturated rings. The average Bonchev–Trinajstić information content (AvgIpc) is 3.41. The fraction of sp³-hybridized carbons (Fsp3) is 0.333. The Kier molecular flexibility index (Phi) is 6.22. The van der Waals surface area contributed by atoms with E-state index in [1.54, 1.807) is 0 Å². The minimum absolute atomic E-state index is 0.111. The summed E-state index contributed by atoms with van der Waals surface area (Å²) >= 11 is 0. The van der Waals surface area contributed by atoms with Crippen LogP contribution in [0.3, 0.4) is 0 Å². The van der Waals surface area contributed by atoms with E-state index >= 15 is 0 Å². The van der Waals surface area contributed by atoms with Crippen LogP contribution in [0.1, 0.15) is 50.4 Å². The molecule has 184 valence electrons. The van der Waals surface area contributed by atoms with Crippen molar-refractivity contribution in [1.82, 2.24) is 30.2 Å². The highest BCUT2D eigenvalue weighted by molar-refractivity contribution is 5.94. The molecule has 9 nitrogen and oxygen atoms in total. The van der Waals surface area contributed by atoms with Gasteiger partial charge in [-0.25, -0.2) is 5.10 Å². The summed E-state index contributed by atoms with van der Waals surface area (Å²) < 4.78 is 2.03. The molecule has 5 rings (SSSR count). The van der Waals surface area contributed by atoms with Crippen LogP contribution < -0.4 is 10.9 Å². The first-order chi connectivity index (χ1) is 17.4. The summed E-state index contributed by atoms with van der Waals surface area (Å²) in [5, 5.41) is 17.1. The number of rotatable bonds is 7. The van der Waals surface area contributed by atoms with E-state index in [0.29, 0.717) is 30.3 Å². The Hall–Kier alpha value is -4.14. The normalized spacial score (nSPS) is 14.4. The number of unbranched alkanes of at least 4 members (excludes halogenated alkanes) is 1. The fourth-order valence-corrected chi connectivity index (χ4v) is 4.67. The standard InChI is InChI=1S/C27H29N7O2/c1-4-5-10-22-21(24(35)28-26-29-25(36)27(2,3)16-34(22)26)15-17-11-13-18(14-12-17)19-8-6-7-9-20(19)23-30-32-33-31-23/h6-9,11-14H,4-5,10,15-16H2,1-3H3,(H,28,29,35,36)(H,30,31,32,33). The van der Waals surface area contributed by atoms with Crippen molar-refractivity contribution in [2.45, 2.75) is 53.0 Å². The van der Waals surface area contributed by atoms with Gasteiger partial charge in [-0.3, -0.25) is 14.9 Å². The largest absolute Gasteiger partial charge is 0.314 e. The molecule has 0 spiro atoms. The number of fused-ring (bicyclic) bond motifs is 1. The van der Waals surface area contributed by atoms with Crippen LogP contribution in [0, 0.1) is 5.41 Å². The van der Waals surface area contributed by atoms with Crippen LogP contribution in [-0.2, 0) is 24.2 Å². The summed E-state index contributed by atoms with van der Waals surface area (Å²) in [5.74, 6) is 0.854. The monoisotopic (exact) mass is 483 g/mol. The molecule has 0 saturated heterocycles. The van der Waals surface area contributed by atoms with Crippen molar-refractivity contribution in [3.63, 3.8) is 0 Å². The number of aromatic nitrogens is 6. The van der Waals surface area contributed by atoms with Crippen LogP contribution in [0.15, 0.2) is 53.3 Å². The lowest BCUT2D eigenvalue weighted by atomic mass is 9.90. The maximum Gasteiger partial charge on any atom is 0.278 e. The third kappa shape index (κ3) is 4.44. The Morgan fingerprint density at radius 3 is 2.47 bits per heavy atom. The molecule has 1 aliphatic heterocycles. The van der Waals surface area contributed by atoms with Gasteiger partial charge in [-0.1, -0.05) is 61.9 Å². The SMILES string of the molecule is CCCCc1c(Cc2ccc(-c3ccccc3-c3nnn[nH]3)cc2)c(=O)nc2n1CC(C)(C)C(=O)N2. The summed E-state index contributed by atoms with van der Waals surface area (Å²) in [4.78, 5) is 29.8. The Balaban J connectivity index is 1.50. The smallest absolute Gasteiger partial charge is 0.278 e. The van der Waals surface area contributed by atoms with E-state index in [1.807, 2.05) is 54.8 Å². The maximum atomic E-state index is 13.1. The molecule has 0 saturated carbocycles. The van der Waals surface area contributed by atoms with Gasteiger partial charge in [-0.05, 0) is 53.8 Å². The number of benzene rings is 2. The summed E-state index contributed by atoms with van der Waals surface area (Å²) in [6.07, 6.45) is 3.21. The van der Waals surface area contributed by atoms with Gasteiger partial charge in [0.1, 0.15) is 0 Å². The van der Waals surface area contributed by atoms with Crippen LogP contribution in [-0.4, -0.2) is 36.1 Å². The summed E-state index contributed by atoms with van der Waals surface area (Å²) in [5.41, 5.74) is 4.79. The Morgan fingerprint density at radius 2 is 1.78 bits per heavy atom. The van der Waals surface area contributed by atoms with E-state index in [4.69, 9.17) is 0 Å². The number of amides is 1. The van der Waals surface area contributed by atoms with E-state index in [9.17, 15) is 9.59 Å². The summed E-state index contributed by atoms with van der Waals surface area (Å²) in [6.45, 7) is 6.46. The van der Waals surface area contributed by atoms with Crippen molar-refractivity contribution in [1.29, 1.82) is 0 Å². The van der Waals surface area contributed by atoms with E-state index in [1.165, 1.54) is 0 Å². The van der Waals surface area contributed by atoms with Gasteiger partial charge in [-0.2, -0.15) is 4.98 Å². The molecule has 0 atom stereocenters. The zero-order valence-corrected chi connectivity index (χ0v) is 20.7. The molecule has 0 unspecified atom stereocenters. The number of carbonyl (C=O) groups is 1. The zero-order valence-electron chi connectivity index (χ0n) is 20.7. The highest BCUT2D eigenvalue weighted by Crippen LogP contribution is 2.31. The molecule has 2 aromatic heterocycles. The number of tetrazole rings is 1. The Labute approximate surface area is 209 Å². The number of nitrogens with zero attached hydrogens (tertiary/aromatic N) is 5. The van der Waals surface area contributed by atoms with E-state index in [-0.39, 0.29) is 11.5 Å². The summed E-state index contributed by atoms with van der Waals surface area (Å²) in [6, 6.07) is 16.1. The predicted octanol–water partition coefficient (Wildman–Crippen LogP) is 4.00. The van der Waals surface area contributed by atoms with Crippen molar-refractivity contribution in [2.75, 3.05) is 5.32 Å². The summed E-state index contributed by atoms with van der Waals surface area (Å²) in [7, 11) is 0. The van der Waals surface area contributed by atoms with Crippen molar-refractivity contribution >= 4 is 11.9 Å². The Morgan fingerprint density at radius 1 is 1.03 bits per heavy atom. The average molecular weight is 484 g/mol. The highest BCUT2D eigenvalue weighted by Gasteiger charge is 2.35. The van der Waals surface area contributed by atoms with Crippen LogP contribution in [0.2, 0.25) is 0 Å². The molecule has 3 heterocycles. The first kappa shape index (κ1) is 23.6. The van der Waals surface area contributed by atoms with Crippen LogP contribution in [0.4, 0.5) is 5.95 Å².